The molecular formula is C18H21NO2. The second kappa shape index (κ2) is 5.47. The van der Waals surface area contributed by atoms with E-state index in [4.69, 9.17) is 0 Å². The molecular weight excluding hydrogens is 262 g/mol. The lowest BCUT2D eigenvalue weighted by atomic mass is 9.80. The standard InChI is InChI=1S/C18H21NO2/c1-2-8-18(17(20)21)9-7-15(12-18)13-5-6-16-14(11-13)4-3-10-19-16/h3-6,10-11,15H,2,7-9,12H2,1H3,(H,20,21). The Bertz CT molecular complexity index is 667. The number of hydrogen-bond donors (Lipinski definition) is 1. The molecule has 1 aliphatic carbocycles. The van der Waals surface area contributed by atoms with Gasteiger partial charge in [-0.2, -0.15) is 0 Å². The fourth-order valence-electron chi connectivity index (χ4n) is 3.77. The highest BCUT2D eigenvalue weighted by atomic mass is 16.4. The maximum absolute atomic E-state index is 11.7. The van der Waals surface area contributed by atoms with Crippen LogP contribution in [0.3, 0.4) is 0 Å². The van der Waals surface area contributed by atoms with Crippen molar-refractivity contribution in [2.45, 2.75) is 44.9 Å². The zero-order valence-electron chi connectivity index (χ0n) is 12.4. The van der Waals surface area contributed by atoms with Crippen molar-refractivity contribution in [2.24, 2.45) is 5.41 Å². The topological polar surface area (TPSA) is 50.2 Å². The van der Waals surface area contributed by atoms with E-state index in [0.29, 0.717) is 5.92 Å². The molecule has 0 spiro atoms. The number of aliphatic carboxylic acids is 1. The molecule has 3 rings (SSSR count). The summed E-state index contributed by atoms with van der Waals surface area (Å²) >= 11 is 0. The van der Waals surface area contributed by atoms with E-state index in [1.54, 1.807) is 6.20 Å². The van der Waals surface area contributed by atoms with Gasteiger partial charge in [-0.25, -0.2) is 0 Å². The van der Waals surface area contributed by atoms with Crippen molar-refractivity contribution in [3.05, 3.63) is 42.1 Å². The van der Waals surface area contributed by atoms with Gasteiger partial charge in [0.25, 0.3) is 0 Å². The van der Waals surface area contributed by atoms with Crippen molar-refractivity contribution >= 4 is 16.9 Å². The molecule has 1 aromatic heterocycles. The quantitative estimate of drug-likeness (QED) is 0.906. The fourth-order valence-corrected chi connectivity index (χ4v) is 3.77. The van der Waals surface area contributed by atoms with Gasteiger partial charge >= 0.3 is 5.97 Å². The summed E-state index contributed by atoms with van der Waals surface area (Å²) in [5.41, 5.74) is 1.75. The number of aromatic nitrogens is 1. The predicted octanol–water partition coefficient (Wildman–Crippen LogP) is 4.37. The van der Waals surface area contributed by atoms with Crippen molar-refractivity contribution in [3.8, 4) is 0 Å². The van der Waals surface area contributed by atoms with Gasteiger partial charge in [-0.05, 0) is 55.4 Å². The molecule has 2 unspecified atom stereocenters. The summed E-state index contributed by atoms with van der Waals surface area (Å²) in [4.78, 5) is 16.0. The van der Waals surface area contributed by atoms with E-state index in [2.05, 4.69) is 30.1 Å². The van der Waals surface area contributed by atoms with E-state index < -0.39 is 11.4 Å². The average Bonchev–Trinajstić information content (AvgIpc) is 2.93. The molecule has 1 N–H and O–H groups in total. The molecule has 3 nitrogen and oxygen atoms in total. The van der Waals surface area contributed by atoms with Gasteiger partial charge < -0.3 is 5.11 Å². The second-order valence-electron chi connectivity index (χ2n) is 6.23. The molecule has 110 valence electrons. The minimum atomic E-state index is -0.616. The van der Waals surface area contributed by atoms with Crippen molar-refractivity contribution in [2.75, 3.05) is 0 Å². The summed E-state index contributed by atoms with van der Waals surface area (Å²) in [5, 5.41) is 10.8. The van der Waals surface area contributed by atoms with Crippen LogP contribution in [0, 0.1) is 5.41 Å². The Morgan fingerprint density at radius 2 is 2.29 bits per heavy atom. The van der Waals surface area contributed by atoms with Crippen LogP contribution in [-0.2, 0) is 4.79 Å². The van der Waals surface area contributed by atoms with E-state index in [9.17, 15) is 9.90 Å². The third kappa shape index (κ3) is 2.53. The Hall–Kier alpha value is -1.90. The minimum Gasteiger partial charge on any atom is -0.481 e. The molecule has 1 fully saturated rings. The van der Waals surface area contributed by atoms with Crippen LogP contribution in [0.5, 0.6) is 0 Å². The predicted molar refractivity (Wildman–Crippen MR) is 83.3 cm³/mol. The van der Waals surface area contributed by atoms with Crippen molar-refractivity contribution in [1.29, 1.82) is 0 Å². The molecule has 0 amide bonds. The Labute approximate surface area is 125 Å². The summed E-state index contributed by atoms with van der Waals surface area (Å²) in [7, 11) is 0. The molecule has 1 saturated carbocycles. The van der Waals surface area contributed by atoms with E-state index in [1.807, 2.05) is 12.1 Å². The lowest BCUT2D eigenvalue weighted by Crippen LogP contribution is -2.27. The molecule has 2 atom stereocenters. The zero-order chi connectivity index (χ0) is 14.9. The van der Waals surface area contributed by atoms with Gasteiger partial charge in [0.2, 0.25) is 0 Å². The van der Waals surface area contributed by atoms with Crippen LogP contribution < -0.4 is 0 Å². The van der Waals surface area contributed by atoms with Crippen LogP contribution in [0.25, 0.3) is 10.9 Å². The molecule has 1 aromatic carbocycles. The summed E-state index contributed by atoms with van der Waals surface area (Å²) < 4.78 is 0. The maximum atomic E-state index is 11.7. The van der Waals surface area contributed by atoms with Crippen LogP contribution in [0.1, 0.15) is 50.5 Å². The first-order valence-corrected chi connectivity index (χ1v) is 7.73. The van der Waals surface area contributed by atoms with Gasteiger partial charge in [0, 0.05) is 11.6 Å². The summed E-state index contributed by atoms with van der Waals surface area (Å²) in [6.45, 7) is 2.07. The first-order chi connectivity index (χ1) is 10.1. The smallest absolute Gasteiger partial charge is 0.309 e. The molecule has 1 aliphatic rings. The molecule has 3 heteroatoms. The highest BCUT2D eigenvalue weighted by Crippen LogP contribution is 2.49. The number of hydrogen-bond acceptors (Lipinski definition) is 2. The largest absolute Gasteiger partial charge is 0.481 e. The number of fused-ring (bicyclic) bond motifs is 1. The number of carboxylic acids is 1. The van der Waals surface area contributed by atoms with Gasteiger partial charge in [-0.15, -0.1) is 0 Å². The van der Waals surface area contributed by atoms with Gasteiger partial charge in [0.05, 0.1) is 10.9 Å². The maximum Gasteiger partial charge on any atom is 0.309 e. The molecule has 0 bridgehead atoms. The highest BCUT2D eigenvalue weighted by Gasteiger charge is 2.44. The van der Waals surface area contributed by atoms with E-state index >= 15 is 0 Å². The third-order valence-electron chi connectivity index (χ3n) is 4.89. The fraction of sp³-hybridized carbons (Fsp3) is 0.444. The molecule has 1 heterocycles. The normalized spacial score (nSPS) is 25.3. The van der Waals surface area contributed by atoms with Crippen LogP contribution >= 0.6 is 0 Å². The number of carboxylic acid groups (broad SMARTS) is 1. The van der Waals surface area contributed by atoms with Gasteiger partial charge in [-0.3, -0.25) is 9.78 Å². The van der Waals surface area contributed by atoms with Crippen LogP contribution in [0.2, 0.25) is 0 Å². The zero-order valence-corrected chi connectivity index (χ0v) is 12.4. The van der Waals surface area contributed by atoms with Crippen LogP contribution in [0.4, 0.5) is 0 Å². The number of carbonyl (C=O) groups is 1. The molecule has 0 saturated heterocycles. The van der Waals surface area contributed by atoms with Crippen molar-refractivity contribution in [1.82, 2.24) is 4.98 Å². The first kappa shape index (κ1) is 14.1. The molecule has 21 heavy (non-hydrogen) atoms. The van der Waals surface area contributed by atoms with Crippen LogP contribution in [0.15, 0.2) is 36.5 Å². The first-order valence-electron chi connectivity index (χ1n) is 7.73. The van der Waals surface area contributed by atoms with E-state index in [1.165, 1.54) is 5.56 Å². The molecule has 0 aliphatic heterocycles. The number of benzene rings is 1. The van der Waals surface area contributed by atoms with E-state index in [-0.39, 0.29) is 0 Å². The third-order valence-corrected chi connectivity index (χ3v) is 4.89. The summed E-state index contributed by atoms with van der Waals surface area (Å²) in [5.74, 6) is -0.258. The Kier molecular flexibility index (Phi) is 3.66. The molecule has 0 radical (unpaired) electrons. The summed E-state index contributed by atoms with van der Waals surface area (Å²) in [6, 6.07) is 10.3. The van der Waals surface area contributed by atoms with Crippen LogP contribution in [-0.4, -0.2) is 16.1 Å². The van der Waals surface area contributed by atoms with Crippen molar-refractivity contribution in [3.63, 3.8) is 0 Å². The summed E-state index contributed by atoms with van der Waals surface area (Å²) in [6.07, 6.45) is 6.05. The number of rotatable bonds is 4. The lowest BCUT2D eigenvalue weighted by molar-refractivity contribution is -0.149. The van der Waals surface area contributed by atoms with Gasteiger partial charge in [0.15, 0.2) is 0 Å². The minimum absolute atomic E-state index is 0.359. The Morgan fingerprint density at radius 1 is 1.43 bits per heavy atom. The Morgan fingerprint density at radius 3 is 3.05 bits per heavy atom. The number of nitrogens with zero attached hydrogens (tertiary/aromatic N) is 1. The van der Waals surface area contributed by atoms with Gasteiger partial charge in [0.1, 0.15) is 0 Å². The Balaban J connectivity index is 1.88. The second-order valence-corrected chi connectivity index (χ2v) is 6.23. The SMILES string of the molecule is CCCC1(C(=O)O)CCC(c2ccc3ncccc3c2)C1. The van der Waals surface area contributed by atoms with Crippen molar-refractivity contribution < 1.29 is 9.90 Å². The molecule has 2 aromatic rings. The van der Waals surface area contributed by atoms with E-state index in [0.717, 1.165) is 43.0 Å². The monoisotopic (exact) mass is 283 g/mol. The average molecular weight is 283 g/mol. The number of pyridine rings is 1. The van der Waals surface area contributed by atoms with Gasteiger partial charge in [-0.1, -0.05) is 25.5 Å². The highest BCUT2D eigenvalue weighted by molar-refractivity contribution is 5.79. The lowest BCUT2D eigenvalue weighted by Gasteiger charge is -2.23.